The van der Waals surface area contributed by atoms with E-state index in [9.17, 15) is 4.79 Å². The second-order valence-corrected chi connectivity index (χ2v) is 7.21. The number of aryl methyl sites for hydroxylation is 1. The van der Waals surface area contributed by atoms with Crippen LogP contribution in [0.1, 0.15) is 49.2 Å². The molecule has 3 rings (SSSR count). The van der Waals surface area contributed by atoms with Crippen LogP contribution >= 0.6 is 23.2 Å². The average molecular weight is 367 g/mol. The van der Waals surface area contributed by atoms with Crippen LogP contribution in [0.4, 0.5) is 0 Å². The van der Waals surface area contributed by atoms with Crippen molar-refractivity contribution in [2.24, 2.45) is 0 Å². The van der Waals surface area contributed by atoms with Crippen molar-refractivity contribution in [1.29, 1.82) is 0 Å². The lowest BCUT2D eigenvalue weighted by Crippen LogP contribution is -2.47. The summed E-state index contributed by atoms with van der Waals surface area (Å²) in [6, 6.07) is 5.59. The molecule has 0 radical (unpaired) electrons. The fourth-order valence-electron chi connectivity index (χ4n) is 3.47. The lowest BCUT2D eigenvalue weighted by molar-refractivity contribution is 0.0510. The number of rotatable bonds is 2. The lowest BCUT2D eigenvalue weighted by Gasteiger charge is -2.39. The van der Waals surface area contributed by atoms with Crippen LogP contribution in [0.25, 0.3) is 11.3 Å². The summed E-state index contributed by atoms with van der Waals surface area (Å²) in [5.74, 6) is 0.412. The molecule has 1 fully saturated rings. The van der Waals surface area contributed by atoms with Gasteiger partial charge in [-0.2, -0.15) is 0 Å². The molecule has 1 aliphatic heterocycles. The summed E-state index contributed by atoms with van der Waals surface area (Å²) >= 11 is 12.6. The monoisotopic (exact) mass is 366 g/mol. The molecule has 6 heteroatoms. The summed E-state index contributed by atoms with van der Waals surface area (Å²) in [6.07, 6.45) is 3.14. The molecule has 1 aromatic carbocycles. The number of hydrogen-bond acceptors (Lipinski definition) is 3. The molecule has 0 bridgehead atoms. The van der Waals surface area contributed by atoms with Gasteiger partial charge in [-0.15, -0.1) is 0 Å². The molecule has 1 amide bonds. The zero-order chi connectivity index (χ0) is 17.4. The Kier molecular flexibility index (Phi) is 4.88. The number of nitrogens with zero attached hydrogens (tertiary/aromatic N) is 2. The summed E-state index contributed by atoms with van der Waals surface area (Å²) in [7, 11) is 0. The van der Waals surface area contributed by atoms with E-state index < -0.39 is 0 Å². The van der Waals surface area contributed by atoms with E-state index >= 15 is 0 Å². The molecule has 2 atom stereocenters. The minimum atomic E-state index is -0.0700. The topological polar surface area (TPSA) is 46.3 Å². The summed E-state index contributed by atoms with van der Waals surface area (Å²) in [6.45, 7) is 5.91. The van der Waals surface area contributed by atoms with Crippen molar-refractivity contribution >= 4 is 29.1 Å². The first kappa shape index (κ1) is 17.3. The third-order valence-electron chi connectivity index (χ3n) is 4.70. The number of piperidine rings is 1. The number of carbonyl (C=O) groups excluding carboxylic acids is 1. The number of amides is 1. The normalized spacial score (nSPS) is 21.1. The first-order valence-electron chi connectivity index (χ1n) is 8.15. The van der Waals surface area contributed by atoms with Gasteiger partial charge in [0.15, 0.2) is 0 Å². The highest BCUT2D eigenvalue weighted by atomic mass is 35.5. The van der Waals surface area contributed by atoms with Crippen LogP contribution in [0, 0.1) is 6.92 Å². The molecule has 24 heavy (non-hydrogen) atoms. The summed E-state index contributed by atoms with van der Waals surface area (Å²) < 4.78 is 5.33. The van der Waals surface area contributed by atoms with Gasteiger partial charge in [-0.05, 0) is 52.2 Å². The number of benzene rings is 1. The molecular weight excluding hydrogens is 347 g/mol. The zero-order valence-electron chi connectivity index (χ0n) is 14.0. The summed E-state index contributed by atoms with van der Waals surface area (Å²) in [5, 5.41) is 4.98. The lowest BCUT2D eigenvalue weighted by atomic mass is 9.95. The standard InChI is InChI=1S/C18H20Cl2N2O2/c1-10-6-4-7-11(2)22(10)18(23)15-12(3)24-21-17(15)16-13(19)8-5-9-14(16)20/h5,8-11H,4,6-7H2,1-3H3/t10-,11-/m1/s1. The maximum Gasteiger partial charge on any atom is 0.260 e. The molecular formula is C18H20Cl2N2O2. The average Bonchev–Trinajstić information content (AvgIpc) is 2.88. The van der Waals surface area contributed by atoms with E-state index in [-0.39, 0.29) is 18.0 Å². The van der Waals surface area contributed by atoms with Gasteiger partial charge in [0.05, 0.1) is 10.0 Å². The van der Waals surface area contributed by atoms with Crippen LogP contribution in [0.5, 0.6) is 0 Å². The van der Waals surface area contributed by atoms with Gasteiger partial charge in [-0.3, -0.25) is 4.79 Å². The second kappa shape index (κ2) is 6.77. The quantitative estimate of drug-likeness (QED) is 0.718. The maximum atomic E-state index is 13.3. The maximum absolute atomic E-state index is 13.3. The van der Waals surface area contributed by atoms with Crippen LogP contribution in [0.2, 0.25) is 10.0 Å². The van der Waals surface area contributed by atoms with Crippen LogP contribution in [-0.4, -0.2) is 28.0 Å². The van der Waals surface area contributed by atoms with Crippen LogP contribution in [0.3, 0.4) is 0 Å². The molecule has 0 aliphatic carbocycles. The largest absolute Gasteiger partial charge is 0.360 e. The highest BCUT2D eigenvalue weighted by Gasteiger charge is 2.34. The summed E-state index contributed by atoms with van der Waals surface area (Å²) in [4.78, 5) is 15.2. The molecule has 0 saturated carbocycles. The Labute approximate surface area is 151 Å². The highest BCUT2D eigenvalue weighted by molar-refractivity contribution is 6.39. The predicted molar refractivity (Wildman–Crippen MR) is 95.6 cm³/mol. The number of halogens is 2. The molecule has 0 N–H and O–H groups in total. The second-order valence-electron chi connectivity index (χ2n) is 6.40. The number of carbonyl (C=O) groups is 1. The predicted octanol–water partition coefficient (Wildman–Crippen LogP) is 5.36. The Morgan fingerprint density at radius 3 is 2.38 bits per heavy atom. The zero-order valence-corrected chi connectivity index (χ0v) is 15.5. The fraction of sp³-hybridized carbons (Fsp3) is 0.444. The van der Waals surface area contributed by atoms with Gasteiger partial charge in [0.1, 0.15) is 17.0 Å². The van der Waals surface area contributed by atoms with Crippen molar-refractivity contribution in [3.63, 3.8) is 0 Å². The van der Waals surface area contributed by atoms with E-state index in [0.717, 1.165) is 19.3 Å². The van der Waals surface area contributed by atoms with Crippen molar-refractivity contribution < 1.29 is 9.32 Å². The molecule has 2 heterocycles. The van der Waals surface area contributed by atoms with E-state index in [4.69, 9.17) is 27.7 Å². The van der Waals surface area contributed by atoms with Crippen LogP contribution < -0.4 is 0 Å². The van der Waals surface area contributed by atoms with E-state index in [1.807, 2.05) is 4.90 Å². The van der Waals surface area contributed by atoms with E-state index in [1.54, 1.807) is 25.1 Å². The molecule has 2 aromatic rings. The molecule has 1 saturated heterocycles. The van der Waals surface area contributed by atoms with Crippen molar-refractivity contribution in [1.82, 2.24) is 10.1 Å². The Hall–Kier alpha value is -1.52. The SMILES string of the molecule is Cc1onc(-c2c(Cl)cccc2Cl)c1C(=O)N1[C@H](C)CCC[C@H]1C. The number of hydrogen-bond donors (Lipinski definition) is 0. The Bertz CT molecular complexity index is 742. The van der Waals surface area contributed by atoms with E-state index in [0.29, 0.717) is 32.6 Å². The molecule has 0 spiro atoms. The van der Waals surface area contributed by atoms with E-state index in [1.165, 1.54) is 0 Å². The Morgan fingerprint density at radius 2 is 1.79 bits per heavy atom. The van der Waals surface area contributed by atoms with Crippen molar-refractivity contribution in [2.45, 2.75) is 52.1 Å². The Balaban J connectivity index is 2.09. The molecule has 4 nitrogen and oxygen atoms in total. The molecule has 128 valence electrons. The van der Waals surface area contributed by atoms with Gasteiger partial charge in [-0.25, -0.2) is 0 Å². The van der Waals surface area contributed by atoms with Gasteiger partial charge >= 0.3 is 0 Å². The smallest absolute Gasteiger partial charge is 0.260 e. The van der Waals surface area contributed by atoms with Crippen molar-refractivity contribution in [2.75, 3.05) is 0 Å². The van der Waals surface area contributed by atoms with Gasteiger partial charge in [0, 0.05) is 17.6 Å². The van der Waals surface area contributed by atoms with Gasteiger partial charge in [0.2, 0.25) is 0 Å². The molecule has 1 aromatic heterocycles. The fourth-order valence-corrected chi connectivity index (χ4v) is 4.05. The minimum absolute atomic E-state index is 0.0700. The first-order valence-corrected chi connectivity index (χ1v) is 8.90. The van der Waals surface area contributed by atoms with Crippen molar-refractivity contribution in [3.8, 4) is 11.3 Å². The number of likely N-dealkylation sites (tertiary alicyclic amines) is 1. The molecule has 0 unspecified atom stereocenters. The van der Waals surface area contributed by atoms with Crippen LogP contribution in [0.15, 0.2) is 22.7 Å². The van der Waals surface area contributed by atoms with Gasteiger partial charge < -0.3 is 9.42 Å². The van der Waals surface area contributed by atoms with Crippen molar-refractivity contribution in [3.05, 3.63) is 39.6 Å². The highest BCUT2D eigenvalue weighted by Crippen LogP contribution is 2.38. The third-order valence-corrected chi connectivity index (χ3v) is 5.33. The Morgan fingerprint density at radius 1 is 1.21 bits per heavy atom. The summed E-state index contributed by atoms with van der Waals surface area (Å²) in [5.41, 5.74) is 1.40. The first-order chi connectivity index (χ1) is 11.4. The van der Waals surface area contributed by atoms with Crippen LogP contribution in [-0.2, 0) is 0 Å². The third kappa shape index (κ3) is 2.93. The molecule has 1 aliphatic rings. The van der Waals surface area contributed by atoms with Gasteiger partial charge in [-0.1, -0.05) is 34.4 Å². The van der Waals surface area contributed by atoms with E-state index in [2.05, 4.69) is 19.0 Å². The number of aromatic nitrogens is 1. The minimum Gasteiger partial charge on any atom is -0.360 e. The van der Waals surface area contributed by atoms with Gasteiger partial charge in [0.25, 0.3) is 5.91 Å².